The van der Waals surface area contributed by atoms with Gasteiger partial charge in [-0.2, -0.15) is 0 Å². The molecule has 2 heterocycles. The number of nitrogens with zero attached hydrogens (tertiary/aromatic N) is 2. The molecule has 7 rings (SSSR count). The average Bonchev–Trinajstić information content (AvgIpc) is 3.82. The number of amides is 1. The molecule has 2 fully saturated rings. The van der Waals surface area contributed by atoms with Crippen LogP contribution in [0.5, 0.6) is 0 Å². The molecule has 3 aromatic carbocycles. The second kappa shape index (κ2) is 11.3. The van der Waals surface area contributed by atoms with Gasteiger partial charge in [0.2, 0.25) is 0 Å². The van der Waals surface area contributed by atoms with Crippen LogP contribution in [0, 0.1) is 0 Å². The summed E-state index contributed by atoms with van der Waals surface area (Å²) in [5, 5.41) is 2.35. The summed E-state index contributed by atoms with van der Waals surface area (Å²) >= 11 is 0. The van der Waals surface area contributed by atoms with Gasteiger partial charge in [0, 0.05) is 17.9 Å². The molecule has 2 aliphatic carbocycles. The van der Waals surface area contributed by atoms with E-state index < -0.39 is 30.2 Å². The van der Waals surface area contributed by atoms with Crippen molar-refractivity contribution < 1.29 is 18.3 Å². The number of hydrogen-bond donors (Lipinski definition) is 1. The monoisotopic (exact) mass is 607 g/mol. The van der Waals surface area contributed by atoms with Gasteiger partial charge in [-0.05, 0) is 90.8 Å². The zero-order chi connectivity index (χ0) is 31.3. The number of halogens is 2. The van der Waals surface area contributed by atoms with Crippen molar-refractivity contribution in [3.05, 3.63) is 96.0 Å². The second-order valence-corrected chi connectivity index (χ2v) is 13.8. The third-order valence-electron chi connectivity index (χ3n) is 9.30. The molecule has 1 saturated heterocycles. The molecule has 1 N–H and O–H groups in total. The third-order valence-corrected chi connectivity index (χ3v) is 9.30. The Morgan fingerprint density at radius 1 is 0.911 bits per heavy atom. The Morgan fingerprint density at radius 3 is 2.27 bits per heavy atom. The number of hydrogen-bond acceptors (Lipinski definition) is 3. The second-order valence-electron chi connectivity index (χ2n) is 13.8. The lowest BCUT2D eigenvalue weighted by molar-refractivity contribution is -0.00223. The van der Waals surface area contributed by atoms with E-state index in [9.17, 15) is 13.6 Å². The van der Waals surface area contributed by atoms with Crippen LogP contribution in [0.4, 0.5) is 13.6 Å². The lowest BCUT2D eigenvalue weighted by Crippen LogP contribution is -2.41. The fraction of sp³-hybridized carbons (Fsp3) is 0.368. The Balaban J connectivity index is 1.03. The highest BCUT2D eigenvalue weighted by Gasteiger charge is 2.49. The maximum absolute atomic E-state index is 14.5. The van der Waals surface area contributed by atoms with Crippen LogP contribution in [0.1, 0.15) is 76.6 Å². The highest BCUT2D eigenvalue weighted by Crippen LogP contribution is 2.41. The first-order valence-corrected chi connectivity index (χ1v) is 16.0. The Kier molecular flexibility index (Phi) is 7.38. The number of fused-ring (bicyclic) bond motifs is 1. The number of rotatable bonds is 5. The predicted molar refractivity (Wildman–Crippen MR) is 175 cm³/mol. The normalized spacial score (nSPS) is 20.1. The van der Waals surface area contributed by atoms with E-state index in [4.69, 9.17) is 4.74 Å². The van der Waals surface area contributed by atoms with Crippen molar-refractivity contribution in [1.82, 2.24) is 14.9 Å². The molecule has 1 amide bonds. The molecule has 5 nitrogen and oxygen atoms in total. The molecular formula is C38H39F2N3O2. The molecular weight excluding hydrogens is 568 g/mol. The molecule has 0 spiro atoms. The van der Waals surface area contributed by atoms with Crippen LogP contribution in [0.3, 0.4) is 0 Å². The first kappa shape index (κ1) is 29.5. The number of nitrogens with one attached hydrogen (secondary N) is 1. The van der Waals surface area contributed by atoms with E-state index in [1.54, 1.807) is 20.8 Å². The molecule has 1 atom stereocenters. The van der Waals surface area contributed by atoms with Crippen molar-refractivity contribution in [2.45, 2.75) is 82.8 Å². The van der Waals surface area contributed by atoms with Crippen molar-refractivity contribution in [1.29, 1.82) is 0 Å². The minimum Gasteiger partial charge on any atom is -0.444 e. The molecule has 3 aliphatic rings. The standard InChI is InChI=1S/C38H39F2N3O2/c1-37(2,3)45-36(44)43-23-38(39,40)21-34(43)32-17-15-28(20-32)25-10-8-24(9-11-25)27-12-13-30-19-31(16-14-29(30)18-27)33-22-41-35(42-33)26-6-4-5-7-26/h8-19,22,26,34H,4-7,20-21,23H2,1-3H3,(H,41,42)/t34-/m0/s1. The van der Waals surface area contributed by atoms with E-state index in [0.29, 0.717) is 12.3 Å². The van der Waals surface area contributed by atoms with Crippen molar-refractivity contribution in [2.75, 3.05) is 6.54 Å². The van der Waals surface area contributed by atoms with Gasteiger partial charge in [0.1, 0.15) is 11.4 Å². The highest BCUT2D eigenvalue weighted by molar-refractivity contribution is 5.90. The first-order chi connectivity index (χ1) is 21.5. The molecule has 1 saturated carbocycles. The van der Waals surface area contributed by atoms with Crippen LogP contribution in [0.25, 0.3) is 38.7 Å². The van der Waals surface area contributed by atoms with E-state index in [-0.39, 0.29) is 6.42 Å². The van der Waals surface area contributed by atoms with Gasteiger partial charge < -0.3 is 9.72 Å². The number of imidazole rings is 1. The van der Waals surface area contributed by atoms with Crippen LogP contribution < -0.4 is 0 Å². The van der Waals surface area contributed by atoms with Crippen LogP contribution in [-0.2, 0) is 4.74 Å². The quantitative estimate of drug-likeness (QED) is 0.246. The smallest absolute Gasteiger partial charge is 0.411 e. The summed E-state index contributed by atoms with van der Waals surface area (Å²) in [6.07, 6.45) is 10.3. The number of aromatic nitrogens is 2. The van der Waals surface area contributed by atoms with Gasteiger partial charge in [-0.3, -0.25) is 4.90 Å². The minimum absolute atomic E-state index is 0.384. The summed E-state index contributed by atoms with van der Waals surface area (Å²) < 4.78 is 34.4. The summed E-state index contributed by atoms with van der Waals surface area (Å²) in [5.41, 5.74) is 6.61. The fourth-order valence-corrected chi connectivity index (χ4v) is 6.99. The Bertz CT molecular complexity index is 1810. The summed E-state index contributed by atoms with van der Waals surface area (Å²) in [6.45, 7) is 4.61. The maximum Gasteiger partial charge on any atom is 0.411 e. The fourth-order valence-electron chi connectivity index (χ4n) is 6.99. The van der Waals surface area contributed by atoms with Gasteiger partial charge >= 0.3 is 6.09 Å². The molecule has 232 valence electrons. The molecule has 0 radical (unpaired) electrons. The number of H-pyrrole nitrogens is 1. The number of likely N-dealkylation sites (tertiary alicyclic amines) is 1. The number of carbonyl (C=O) groups excluding carboxylic acids is 1. The topological polar surface area (TPSA) is 58.2 Å². The van der Waals surface area contributed by atoms with Crippen molar-refractivity contribution in [3.63, 3.8) is 0 Å². The van der Waals surface area contributed by atoms with E-state index in [0.717, 1.165) is 44.9 Å². The molecule has 0 bridgehead atoms. The van der Waals surface area contributed by atoms with E-state index in [1.807, 2.05) is 18.3 Å². The van der Waals surface area contributed by atoms with Gasteiger partial charge in [0.25, 0.3) is 5.92 Å². The zero-order valence-electron chi connectivity index (χ0n) is 26.1. The van der Waals surface area contributed by atoms with Gasteiger partial charge in [0.15, 0.2) is 0 Å². The van der Waals surface area contributed by atoms with Crippen LogP contribution >= 0.6 is 0 Å². The lowest BCUT2D eigenvalue weighted by Gasteiger charge is -2.29. The minimum atomic E-state index is -2.94. The Hall–Kier alpha value is -4.26. The number of ether oxygens (including phenoxy) is 1. The number of carbonyl (C=O) groups is 1. The van der Waals surface area contributed by atoms with Crippen LogP contribution in [0.15, 0.2) is 84.6 Å². The van der Waals surface area contributed by atoms with Crippen molar-refractivity contribution in [3.8, 4) is 22.4 Å². The van der Waals surface area contributed by atoms with E-state index in [2.05, 4.69) is 70.6 Å². The molecule has 1 aromatic heterocycles. The SMILES string of the molecule is CC(C)(C)OC(=O)N1CC(F)(F)C[C@H]1C1=CC=C(c2ccc(-c3ccc4cc(-c5cnc(C6CCCC6)[nH]5)ccc4c3)cc2)C1. The van der Waals surface area contributed by atoms with E-state index >= 15 is 0 Å². The van der Waals surface area contributed by atoms with E-state index in [1.165, 1.54) is 41.4 Å². The highest BCUT2D eigenvalue weighted by atomic mass is 19.3. The van der Waals surface area contributed by atoms with Crippen LogP contribution in [-0.4, -0.2) is 45.1 Å². The predicted octanol–water partition coefficient (Wildman–Crippen LogP) is 9.91. The summed E-state index contributed by atoms with van der Waals surface area (Å²) in [5.74, 6) is -1.26. The Morgan fingerprint density at radius 2 is 1.56 bits per heavy atom. The molecule has 4 aromatic rings. The largest absolute Gasteiger partial charge is 0.444 e. The summed E-state index contributed by atoms with van der Waals surface area (Å²) in [4.78, 5) is 22.2. The number of aromatic amines is 1. The van der Waals surface area contributed by atoms with Gasteiger partial charge in [-0.15, -0.1) is 0 Å². The maximum atomic E-state index is 14.5. The Labute approximate surface area is 263 Å². The number of benzene rings is 3. The third kappa shape index (κ3) is 6.18. The summed E-state index contributed by atoms with van der Waals surface area (Å²) in [6, 6.07) is 20.8. The number of alkyl halides is 2. The molecule has 45 heavy (non-hydrogen) atoms. The number of allylic oxidation sites excluding steroid dienone is 3. The average molecular weight is 608 g/mol. The van der Waals surface area contributed by atoms with Crippen molar-refractivity contribution in [2.24, 2.45) is 0 Å². The van der Waals surface area contributed by atoms with Gasteiger partial charge in [-0.25, -0.2) is 18.6 Å². The molecule has 1 aliphatic heterocycles. The van der Waals surface area contributed by atoms with Gasteiger partial charge in [-0.1, -0.05) is 73.5 Å². The zero-order valence-corrected chi connectivity index (χ0v) is 26.1. The molecule has 7 heteroatoms. The summed E-state index contributed by atoms with van der Waals surface area (Å²) in [7, 11) is 0. The first-order valence-electron chi connectivity index (χ1n) is 16.0. The van der Waals surface area contributed by atoms with Gasteiger partial charge in [0.05, 0.1) is 24.5 Å². The molecule has 0 unspecified atom stereocenters. The van der Waals surface area contributed by atoms with Crippen molar-refractivity contribution >= 4 is 22.4 Å². The lowest BCUT2D eigenvalue weighted by atomic mass is 9.95. The van der Waals surface area contributed by atoms with Crippen LogP contribution in [0.2, 0.25) is 0 Å².